The van der Waals surface area contributed by atoms with Crippen molar-refractivity contribution in [1.82, 2.24) is 15.1 Å². The van der Waals surface area contributed by atoms with Gasteiger partial charge in [0.1, 0.15) is 0 Å². The first-order valence-electron chi connectivity index (χ1n) is 9.16. The lowest BCUT2D eigenvalue weighted by Crippen LogP contribution is -2.48. The highest BCUT2D eigenvalue weighted by Gasteiger charge is 2.36. The summed E-state index contributed by atoms with van der Waals surface area (Å²) in [7, 11) is 4.47. The fraction of sp³-hybridized carbons (Fsp3) is 1.00. The number of hydrogen-bond acceptors (Lipinski definition) is 3. The Bertz CT molecular complexity index is 303. The third-order valence-corrected chi connectivity index (χ3v) is 5.77. The molecule has 1 aliphatic carbocycles. The molecule has 2 rings (SSSR count). The monoisotopic (exact) mass is 295 g/mol. The van der Waals surface area contributed by atoms with Gasteiger partial charge in [0.2, 0.25) is 0 Å². The molecule has 0 spiro atoms. The molecule has 124 valence electrons. The quantitative estimate of drug-likeness (QED) is 0.779. The van der Waals surface area contributed by atoms with Crippen LogP contribution in [0, 0.1) is 11.3 Å². The van der Waals surface area contributed by atoms with Gasteiger partial charge in [-0.25, -0.2) is 0 Å². The molecule has 0 amide bonds. The van der Waals surface area contributed by atoms with Crippen molar-refractivity contribution in [3.05, 3.63) is 0 Å². The second-order valence-electron chi connectivity index (χ2n) is 7.85. The number of hydrogen-bond donors (Lipinski definition) is 1. The van der Waals surface area contributed by atoms with E-state index in [1.54, 1.807) is 0 Å². The Morgan fingerprint density at radius 3 is 2.76 bits per heavy atom. The SMILES string of the molecule is CCN1CCCC1CN(C)CC1(CNC)CCCC(C)C1. The van der Waals surface area contributed by atoms with E-state index in [0.29, 0.717) is 5.41 Å². The van der Waals surface area contributed by atoms with Gasteiger partial charge in [0.25, 0.3) is 0 Å². The van der Waals surface area contributed by atoms with E-state index < -0.39 is 0 Å². The van der Waals surface area contributed by atoms with Crippen molar-refractivity contribution in [3.8, 4) is 0 Å². The van der Waals surface area contributed by atoms with Crippen LogP contribution < -0.4 is 5.32 Å². The zero-order chi connectivity index (χ0) is 15.3. The number of rotatable bonds is 7. The van der Waals surface area contributed by atoms with Crippen molar-refractivity contribution < 1.29 is 0 Å². The van der Waals surface area contributed by atoms with Crippen molar-refractivity contribution >= 4 is 0 Å². The first kappa shape index (κ1) is 17.2. The summed E-state index contributed by atoms with van der Waals surface area (Å²) in [5.41, 5.74) is 0.511. The van der Waals surface area contributed by atoms with E-state index >= 15 is 0 Å². The molecule has 1 saturated carbocycles. The minimum absolute atomic E-state index is 0.511. The Balaban J connectivity index is 1.90. The van der Waals surface area contributed by atoms with Crippen LogP contribution in [0.4, 0.5) is 0 Å². The Labute approximate surface area is 132 Å². The van der Waals surface area contributed by atoms with Crippen LogP contribution in [0.25, 0.3) is 0 Å². The highest BCUT2D eigenvalue weighted by atomic mass is 15.2. The van der Waals surface area contributed by atoms with Crippen molar-refractivity contribution in [2.45, 2.75) is 58.4 Å². The van der Waals surface area contributed by atoms with E-state index in [1.165, 1.54) is 71.2 Å². The molecule has 0 bridgehead atoms. The molecule has 1 saturated heterocycles. The van der Waals surface area contributed by atoms with E-state index in [1.807, 2.05) is 0 Å². The second kappa shape index (κ2) is 7.94. The van der Waals surface area contributed by atoms with Gasteiger partial charge in [-0.2, -0.15) is 0 Å². The molecular formula is C18H37N3. The van der Waals surface area contributed by atoms with Gasteiger partial charge in [0.05, 0.1) is 0 Å². The average molecular weight is 296 g/mol. The van der Waals surface area contributed by atoms with Crippen LogP contribution in [-0.4, -0.2) is 62.7 Å². The van der Waals surface area contributed by atoms with E-state index in [4.69, 9.17) is 0 Å². The Hall–Kier alpha value is -0.120. The van der Waals surface area contributed by atoms with Gasteiger partial charge < -0.3 is 10.2 Å². The zero-order valence-electron chi connectivity index (χ0n) is 14.8. The Morgan fingerprint density at radius 2 is 2.10 bits per heavy atom. The fourth-order valence-electron chi connectivity index (χ4n) is 5.02. The molecule has 3 atom stereocenters. The summed E-state index contributed by atoms with van der Waals surface area (Å²) < 4.78 is 0. The van der Waals surface area contributed by atoms with Crippen LogP contribution in [0.5, 0.6) is 0 Å². The van der Waals surface area contributed by atoms with Gasteiger partial charge in [-0.15, -0.1) is 0 Å². The van der Waals surface area contributed by atoms with Gasteiger partial charge in [0, 0.05) is 25.7 Å². The summed E-state index contributed by atoms with van der Waals surface area (Å²) >= 11 is 0. The minimum Gasteiger partial charge on any atom is -0.319 e. The highest BCUT2D eigenvalue weighted by Crippen LogP contribution is 2.39. The zero-order valence-corrected chi connectivity index (χ0v) is 14.8. The average Bonchev–Trinajstić information content (AvgIpc) is 2.85. The lowest BCUT2D eigenvalue weighted by molar-refractivity contribution is 0.0811. The van der Waals surface area contributed by atoms with Gasteiger partial charge in [-0.3, -0.25) is 4.90 Å². The van der Waals surface area contributed by atoms with Gasteiger partial charge in [-0.1, -0.05) is 26.7 Å². The van der Waals surface area contributed by atoms with Gasteiger partial charge in [-0.05, 0) is 64.2 Å². The predicted octanol–water partition coefficient (Wildman–Crippen LogP) is 2.82. The minimum atomic E-state index is 0.511. The van der Waals surface area contributed by atoms with Crippen LogP contribution in [0.1, 0.15) is 52.4 Å². The van der Waals surface area contributed by atoms with Crippen LogP contribution in [-0.2, 0) is 0 Å². The first-order chi connectivity index (χ1) is 10.1. The molecule has 1 aliphatic heterocycles. The molecule has 0 aromatic heterocycles. The normalized spacial score (nSPS) is 34.7. The van der Waals surface area contributed by atoms with Crippen molar-refractivity contribution in [3.63, 3.8) is 0 Å². The van der Waals surface area contributed by atoms with Crippen LogP contribution >= 0.6 is 0 Å². The van der Waals surface area contributed by atoms with Gasteiger partial charge >= 0.3 is 0 Å². The third-order valence-electron chi connectivity index (χ3n) is 5.77. The second-order valence-corrected chi connectivity index (χ2v) is 7.85. The molecule has 21 heavy (non-hydrogen) atoms. The topological polar surface area (TPSA) is 18.5 Å². The maximum Gasteiger partial charge on any atom is 0.0223 e. The fourth-order valence-corrected chi connectivity index (χ4v) is 5.02. The standard InChI is InChI=1S/C18H37N3/c1-5-21-11-7-9-17(21)13-20(4)15-18(14-19-3)10-6-8-16(2)12-18/h16-17,19H,5-15H2,1-4H3. The highest BCUT2D eigenvalue weighted by molar-refractivity contribution is 4.90. The van der Waals surface area contributed by atoms with E-state index in [2.05, 4.69) is 43.1 Å². The number of nitrogens with one attached hydrogen (secondary N) is 1. The Kier molecular flexibility index (Phi) is 6.51. The van der Waals surface area contributed by atoms with Crippen LogP contribution in [0.2, 0.25) is 0 Å². The summed E-state index contributed by atoms with van der Waals surface area (Å²) in [5.74, 6) is 0.902. The summed E-state index contributed by atoms with van der Waals surface area (Å²) in [6.07, 6.45) is 8.45. The summed E-state index contributed by atoms with van der Waals surface area (Å²) in [5, 5.41) is 3.48. The largest absolute Gasteiger partial charge is 0.319 e. The summed E-state index contributed by atoms with van der Waals surface area (Å²) in [6, 6.07) is 0.799. The molecule has 0 radical (unpaired) electrons. The maximum atomic E-state index is 3.48. The van der Waals surface area contributed by atoms with Crippen LogP contribution in [0.3, 0.4) is 0 Å². The summed E-state index contributed by atoms with van der Waals surface area (Å²) in [6.45, 7) is 11.0. The van der Waals surface area contributed by atoms with E-state index in [9.17, 15) is 0 Å². The molecule has 1 heterocycles. The van der Waals surface area contributed by atoms with Crippen molar-refractivity contribution in [1.29, 1.82) is 0 Å². The smallest absolute Gasteiger partial charge is 0.0223 e. The molecule has 3 nitrogen and oxygen atoms in total. The molecule has 0 aromatic rings. The molecule has 2 aliphatic rings. The summed E-state index contributed by atoms with van der Waals surface area (Å²) in [4.78, 5) is 5.30. The van der Waals surface area contributed by atoms with Gasteiger partial charge in [0.15, 0.2) is 0 Å². The first-order valence-corrected chi connectivity index (χ1v) is 9.16. The molecule has 2 fully saturated rings. The number of nitrogens with zero attached hydrogens (tertiary/aromatic N) is 2. The lowest BCUT2D eigenvalue weighted by atomic mass is 9.69. The third kappa shape index (κ3) is 4.67. The van der Waals surface area contributed by atoms with E-state index in [-0.39, 0.29) is 0 Å². The lowest BCUT2D eigenvalue weighted by Gasteiger charge is -2.43. The molecular weight excluding hydrogens is 258 g/mol. The predicted molar refractivity (Wildman–Crippen MR) is 91.8 cm³/mol. The van der Waals surface area contributed by atoms with E-state index in [0.717, 1.165) is 12.0 Å². The number of likely N-dealkylation sites (tertiary alicyclic amines) is 1. The molecule has 3 unspecified atom stereocenters. The Morgan fingerprint density at radius 1 is 1.29 bits per heavy atom. The molecule has 1 N–H and O–H groups in total. The number of likely N-dealkylation sites (N-methyl/N-ethyl adjacent to an activating group) is 2. The molecule has 0 aromatic carbocycles. The van der Waals surface area contributed by atoms with Crippen molar-refractivity contribution in [2.75, 3.05) is 46.8 Å². The maximum absolute atomic E-state index is 3.48. The van der Waals surface area contributed by atoms with Crippen LogP contribution in [0.15, 0.2) is 0 Å². The van der Waals surface area contributed by atoms with Crippen molar-refractivity contribution in [2.24, 2.45) is 11.3 Å². The molecule has 3 heteroatoms.